The second kappa shape index (κ2) is 5.70. The molecule has 0 amide bonds. The minimum absolute atomic E-state index is 0.0283. The van der Waals surface area contributed by atoms with Crippen molar-refractivity contribution in [1.82, 2.24) is 14.8 Å². The Kier molecular flexibility index (Phi) is 3.99. The van der Waals surface area contributed by atoms with E-state index in [1.807, 2.05) is 0 Å². The maximum Gasteiger partial charge on any atom is 0.341 e. The SMILES string of the molecule is CCOC(=O)c1cnn(-c2nc(Cl)ccc2C(=O)O)c1. The zero-order valence-corrected chi connectivity index (χ0v) is 11.2. The van der Waals surface area contributed by atoms with E-state index in [4.69, 9.17) is 21.4 Å². The average molecular weight is 296 g/mol. The molecule has 2 heterocycles. The van der Waals surface area contributed by atoms with E-state index in [0.29, 0.717) is 0 Å². The molecule has 0 aliphatic heterocycles. The van der Waals surface area contributed by atoms with E-state index in [0.717, 1.165) is 0 Å². The number of carbonyl (C=O) groups is 2. The van der Waals surface area contributed by atoms with Crippen LogP contribution in [0.4, 0.5) is 0 Å². The van der Waals surface area contributed by atoms with Crippen molar-refractivity contribution in [3.63, 3.8) is 0 Å². The molecule has 0 saturated heterocycles. The molecule has 20 heavy (non-hydrogen) atoms. The van der Waals surface area contributed by atoms with Crippen LogP contribution in [0.1, 0.15) is 27.6 Å². The van der Waals surface area contributed by atoms with Gasteiger partial charge >= 0.3 is 11.9 Å². The quantitative estimate of drug-likeness (QED) is 0.682. The van der Waals surface area contributed by atoms with E-state index >= 15 is 0 Å². The van der Waals surface area contributed by atoms with Crippen LogP contribution in [0, 0.1) is 0 Å². The fraction of sp³-hybridized carbons (Fsp3) is 0.167. The molecular weight excluding hydrogens is 286 g/mol. The minimum Gasteiger partial charge on any atom is -0.478 e. The molecule has 0 atom stereocenters. The van der Waals surface area contributed by atoms with Gasteiger partial charge in [0.1, 0.15) is 10.7 Å². The van der Waals surface area contributed by atoms with Gasteiger partial charge in [0.2, 0.25) is 0 Å². The number of carbonyl (C=O) groups excluding carboxylic acids is 1. The lowest BCUT2D eigenvalue weighted by Gasteiger charge is -2.05. The van der Waals surface area contributed by atoms with Gasteiger partial charge in [-0.05, 0) is 19.1 Å². The highest BCUT2D eigenvalue weighted by Crippen LogP contribution is 2.16. The van der Waals surface area contributed by atoms with Gasteiger partial charge in [-0.1, -0.05) is 11.6 Å². The Bertz CT molecular complexity index is 668. The third-order valence-electron chi connectivity index (χ3n) is 2.38. The number of carboxylic acid groups (broad SMARTS) is 1. The summed E-state index contributed by atoms with van der Waals surface area (Å²) >= 11 is 5.75. The molecule has 0 saturated carbocycles. The Morgan fingerprint density at radius 2 is 2.20 bits per heavy atom. The highest BCUT2D eigenvalue weighted by atomic mass is 35.5. The molecule has 1 N–H and O–H groups in total. The van der Waals surface area contributed by atoms with E-state index in [2.05, 4.69) is 10.1 Å². The van der Waals surface area contributed by atoms with Crippen LogP contribution >= 0.6 is 11.6 Å². The van der Waals surface area contributed by atoms with Crippen molar-refractivity contribution in [2.24, 2.45) is 0 Å². The van der Waals surface area contributed by atoms with Gasteiger partial charge in [-0.15, -0.1) is 0 Å². The smallest absolute Gasteiger partial charge is 0.341 e. The summed E-state index contributed by atoms with van der Waals surface area (Å²) in [5, 5.41) is 13.1. The Morgan fingerprint density at radius 1 is 1.45 bits per heavy atom. The number of nitrogens with zero attached hydrogens (tertiary/aromatic N) is 3. The number of esters is 1. The third kappa shape index (κ3) is 2.77. The van der Waals surface area contributed by atoms with E-state index in [1.54, 1.807) is 6.92 Å². The van der Waals surface area contributed by atoms with E-state index < -0.39 is 11.9 Å². The van der Waals surface area contributed by atoms with Crippen LogP contribution in [0.25, 0.3) is 5.82 Å². The van der Waals surface area contributed by atoms with Crippen molar-refractivity contribution in [1.29, 1.82) is 0 Å². The van der Waals surface area contributed by atoms with Crippen LogP contribution in [0.3, 0.4) is 0 Å². The predicted octanol–water partition coefficient (Wildman–Crippen LogP) is 1.80. The van der Waals surface area contributed by atoms with Gasteiger partial charge in [0.25, 0.3) is 0 Å². The second-order valence-corrected chi connectivity index (χ2v) is 4.09. The van der Waals surface area contributed by atoms with Crippen LogP contribution < -0.4 is 0 Å². The third-order valence-corrected chi connectivity index (χ3v) is 2.59. The number of ether oxygens (including phenoxy) is 1. The molecule has 0 fully saturated rings. The van der Waals surface area contributed by atoms with Crippen LogP contribution in [-0.4, -0.2) is 38.4 Å². The number of halogens is 1. The van der Waals surface area contributed by atoms with Crippen molar-refractivity contribution in [2.75, 3.05) is 6.61 Å². The van der Waals surface area contributed by atoms with E-state index in [9.17, 15) is 9.59 Å². The van der Waals surface area contributed by atoms with E-state index in [-0.39, 0.29) is 28.7 Å². The molecule has 0 radical (unpaired) electrons. The second-order valence-electron chi connectivity index (χ2n) is 3.70. The first-order valence-corrected chi connectivity index (χ1v) is 6.02. The fourth-order valence-electron chi connectivity index (χ4n) is 1.53. The molecule has 0 spiro atoms. The van der Waals surface area contributed by atoms with E-state index in [1.165, 1.54) is 29.2 Å². The maximum absolute atomic E-state index is 11.5. The average Bonchev–Trinajstić information content (AvgIpc) is 2.88. The number of hydrogen-bond acceptors (Lipinski definition) is 5. The highest BCUT2D eigenvalue weighted by Gasteiger charge is 2.17. The van der Waals surface area contributed by atoms with Crippen LogP contribution in [0.2, 0.25) is 5.15 Å². The Hall–Kier alpha value is -2.41. The predicted molar refractivity (Wildman–Crippen MR) is 69.3 cm³/mol. The molecule has 104 valence electrons. The van der Waals surface area contributed by atoms with Gasteiger partial charge in [0.15, 0.2) is 5.82 Å². The van der Waals surface area contributed by atoms with Crippen LogP contribution in [0.5, 0.6) is 0 Å². The summed E-state index contributed by atoms with van der Waals surface area (Å²) in [6, 6.07) is 2.68. The summed E-state index contributed by atoms with van der Waals surface area (Å²) in [6.07, 6.45) is 2.61. The van der Waals surface area contributed by atoms with Gasteiger partial charge in [-0.3, -0.25) is 0 Å². The van der Waals surface area contributed by atoms with Crippen molar-refractivity contribution in [3.05, 3.63) is 40.8 Å². The number of aromatic nitrogens is 3. The zero-order valence-electron chi connectivity index (χ0n) is 10.4. The number of aromatic carboxylic acids is 1. The first kappa shape index (κ1) is 14.0. The largest absolute Gasteiger partial charge is 0.478 e. The summed E-state index contributed by atoms with van der Waals surface area (Å²) in [5.41, 5.74) is 0.123. The van der Waals surface area contributed by atoms with Gasteiger partial charge < -0.3 is 9.84 Å². The molecule has 0 aliphatic rings. The number of hydrogen-bond donors (Lipinski definition) is 1. The molecule has 0 aromatic carbocycles. The summed E-state index contributed by atoms with van der Waals surface area (Å²) in [6.45, 7) is 1.92. The molecule has 8 heteroatoms. The summed E-state index contributed by atoms with van der Waals surface area (Å²) in [7, 11) is 0. The van der Waals surface area contributed by atoms with Gasteiger partial charge in [0.05, 0.1) is 18.4 Å². The number of rotatable bonds is 4. The Balaban J connectivity index is 2.44. The molecule has 0 bridgehead atoms. The summed E-state index contributed by atoms with van der Waals surface area (Å²) in [5.74, 6) is -1.68. The monoisotopic (exact) mass is 295 g/mol. The summed E-state index contributed by atoms with van der Waals surface area (Å²) < 4.78 is 5.99. The molecule has 2 aromatic heterocycles. The number of pyridine rings is 1. The van der Waals surface area contributed by atoms with Crippen LogP contribution in [-0.2, 0) is 4.74 Å². The highest BCUT2D eigenvalue weighted by molar-refractivity contribution is 6.29. The molecule has 0 unspecified atom stereocenters. The first-order chi connectivity index (χ1) is 9.52. The topological polar surface area (TPSA) is 94.3 Å². The summed E-state index contributed by atoms with van der Waals surface area (Å²) in [4.78, 5) is 26.6. The Labute approximate surface area is 118 Å². The standard InChI is InChI=1S/C12H10ClN3O4/c1-2-20-12(19)7-5-14-16(6-7)10-8(11(17)18)3-4-9(13)15-10/h3-6H,2H2,1H3,(H,17,18). The maximum atomic E-state index is 11.5. The normalized spacial score (nSPS) is 10.3. The van der Waals surface area contributed by atoms with Crippen molar-refractivity contribution < 1.29 is 19.4 Å². The number of carboxylic acids is 1. The van der Waals surface area contributed by atoms with Crippen molar-refractivity contribution in [2.45, 2.75) is 6.92 Å². The molecule has 2 aromatic rings. The first-order valence-electron chi connectivity index (χ1n) is 5.65. The lowest BCUT2D eigenvalue weighted by molar-refractivity contribution is 0.0526. The van der Waals surface area contributed by atoms with Crippen molar-refractivity contribution in [3.8, 4) is 5.82 Å². The Morgan fingerprint density at radius 3 is 2.85 bits per heavy atom. The molecule has 7 nitrogen and oxygen atoms in total. The fourth-order valence-corrected chi connectivity index (χ4v) is 1.67. The molecule has 2 rings (SSSR count). The molecular formula is C12H10ClN3O4. The van der Waals surface area contributed by atoms with Gasteiger partial charge in [-0.2, -0.15) is 5.10 Å². The van der Waals surface area contributed by atoms with Crippen molar-refractivity contribution >= 4 is 23.5 Å². The van der Waals surface area contributed by atoms with Gasteiger partial charge in [0, 0.05) is 6.20 Å². The lowest BCUT2D eigenvalue weighted by Crippen LogP contribution is -2.08. The van der Waals surface area contributed by atoms with Gasteiger partial charge in [-0.25, -0.2) is 19.3 Å². The minimum atomic E-state index is -1.17. The molecule has 0 aliphatic carbocycles. The van der Waals surface area contributed by atoms with Crippen LogP contribution in [0.15, 0.2) is 24.5 Å². The zero-order chi connectivity index (χ0) is 14.7. The lowest BCUT2D eigenvalue weighted by atomic mass is 10.2.